The monoisotopic (exact) mass is 97.1 g/mol. The van der Waals surface area contributed by atoms with Crippen molar-refractivity contribution in [2.45, 2.75) is 12.2 Å². The molecule has 0 fully saturated rings. The summed E-state index contributed by atoms with van der Waals surface area (Å²) in [5.41, 5.74) is 5.26. The summed E-state index contributed by atoms with van der Waals surface area (Å²) in [6.07, 6.45) is 2.98. The second-order valence-electron chi connectivity index (χ2n) is 1.79. The highest BCUT2D eigenvalue weighted by atomic mass is 14.5. The van der Waals surface area contributed by atoms with Crippen LogP contribution in [0.25, 0.3) is 0 Å². The number of allylic oxidation sites excluding steroid dienone is 1. The van der Waals surface area contributed by atoms with E-state index in [2.05, 4.69) is 14.4 Å². The van der Waals surface area contributed by atoms with Crippen molar-refractivity contribution in [1.82, 2.24) is 0 Å². The molecule has 1 nitrogen and oxygen atoms in total. The van der Waals surface area contributed by atoms with Crippen molar-refractivity contribution in [3.05, 3.63) is 12.7 Å². The average molecular weight is 97.0 g/mol. The summed E-state index contributed by atoms with van der Waals surface area (Å²) in [5.74, 6) is 0.588. The number of nitrogens with two attached hydrogens (primary N) is 1. The van der Waals surface area contributed by atoms with Gasteiger partial charge in [-0.15, -0.1) is 6.58 Å². The Morgan fingerprint density at radius 3 is 2.57 bits per heavy atom. The van der Waals surface area contributed by atoms with E-state index in [1.54, 1.807) is 0 Å². The molecule has 1 atom stereocenters. The largest absolute Gasteiger partial charge is 0.330 e. The molecule has 0 rings (SSSR count). The molecule has 0 aromatic heterocycles. The second-order valence-corrected chi connectivity index (χ2v) is 1.79. The highest BCUT2D eigenvalue weighted by molar-refractivity contribution is 6.12. The van der Waals surface area contributed by atoms with Gasteiger partial charge >= 0.3 is 0 Å². The molecule has 0 saturated carbocycles. The smallest absolute Gasteiger partial charge is 0.110 e. The molecule has 0 saturated heterocycles. The predicted molar refractivity (Wildman–Crippen MR) is 36.2 cm³/mol. The molecule has 0 aromatic rings. The second kappa shape index (κ2) is 3.94. The van der Waals surface area contributed by atoms with E-state index in [0.29, 0.717) is 5.82 Å². The molecule has 1 unspecified atom stereocenters. The van der Waals surface area contributed by atoms with Crippen LogP contribution in [0, 0.1) is 0 Å². The zero-order valence-corrected chi connectivity index (χ0v) is 4.85. The number of hydrogen-bond acceptors (Lipinski definition) is 1. The van der Waals surface area contributed by atoms with Gasteiger partial charge in [0.1, 0.15) is 7.85 Å². The van der Waals surface area contributed by atoms with Crippen LogP contribution in [0.15, 0.2) is 12.7 Å². The van der Waals surface area contributed by atoms with Gasteiger partial charge in [0.15, 0.2) is 0 Å². The van der Waals surface area contributed by atoms with Crippen LogP contribution in [0.1, 0.15) is 6.42 Å². The summed E-state index contributed by atoms with van der Waals surface area (Å²) < 4.78 is 0. The van der Waals surface area contributed by atoms with E-state index in [0.717, 1.165) is 13.0 Å². The van der Waals surface area contributed by atoms with E-state index in [1.807, 2.05) is 6.08 Å². The van der Waals surface area contributed by atoms with Gasteiger partial charge in [0.05, 0.1) is 0 Å². The summed E-state index contributed by atoms with van der Waals surface area (Å²) in [7, 11) is 2.11. The van der Waals surface area contributed by atoms with E-state index in [-0.39, 0.29) is 0 Å². The molecule has 0 radical (unpaired) electrons. The van der Waals surface area contributed by atoms with Gasteiger partial charge in [0, 0.05) is 0 Å². The third-order valence-corrected chi connectivity index (χ3v) is 1.02. The van der Waals surface area contributed by atoms with E-state index in [4.69, 9.17) is 5.73 Å². The lowest BCUT2D eigenvalue weighted by molar-refractivity contribution is 0.853. The topological polar surface area (TPSA) is 26.0 Å². The van der Waals surface area contributed by atoms with Crippen molar-refractivity contribution < 1.29 is 0 Å². The van der Waals surface area contributed by atoms with E-state index in [9.17, 15) is 0 Å². The molecular weight excluding hydrogens is 84.9 g/mol. The minimum Gasteiger partial charge on any atom is -0.330 e. The standard InChI is InChI=1S/C5H12BN/c1-2-5(6)3-4-7/h2,5H,1,3-4,6-7H2. The van der Waals surface area contributed by atoms with Gasteiger partial charge in [0.2, 0.25) is 0 Å². The maximum atomic E-state index is 5.26. The normalized spacial score (nSPS) is 13.3. The quantitative estimate of drug-likeness (QED) is 0.387. The molecular formula is C5H12BN. The summed E-state index contributed by atoms with van der Waals surface area (Å²) in [5, 5.41) is 0. The molecule has 0 aliphatic carbocycles. The van der Waals surface area contributed by atoms with Crippen molar-refractivity contribution in [3.8, 4) is 0 Å². The third-order valence-electron chi connectivity index (χ3n) is 1.02. The predicted octanol–water partition coefficient (Wildman–Crippen LogP) is -0.0572. The Bertz CT molecular complexity index is 54.0. The van der Waals surface area contributed by atoms with Gasteiger partial charge in [-0.25, -0.2) is 0 Å². The lowest BCUT2D eigenvalue weighted by Crippen LogP contribution is -2.01. The summed E-state index contributed by atoms with van der Waals surface area (Å²) >= 11 is 0. The maximum Gasteiger partial charge on any atom is 0.110 e. The van der Waals surface area contributed by atoms with Crippen molar-refractivity contribution >= 4 is 7.85 Å². The Hall–Kier alpha value is -0.235. The Kier molecular flexibility index (Phi) is 3.81. The maximum absolute atomic E-state index is 5.26. The van der Waals surface area contributed by atoms with Gasteiger partial charge in [-0.1, -0.05) is 11.9 Å². The fourth-order valence-corrected chi connectivity index (χ4v) is 0.381. The molecule has 0 bridgehead atoms. The number of hydrogen-bond donors (Lipinski definition) is 1. The first-order chi connectivity index (χ1) is 3.31. The first kappa shape index (κ1) is 6.76. The Labute approximate surface area is 46.0 Å². The van der Waals surface area contributed by atoms with Crippen LogP contribution in [-0.2, 0) is 0 Å². The van der Waals surface area contributed by atoms with Crippen LogP contribution >= 0.6 is 0 Å². The Balaban J connectivity index is 2.98. The lowest BCUT2D eigenvalue weighted by Gasteiger charge is -1.98. The van der Waals surface area contributed by atoms with Crippen LogP contribution in [0.3, 0.4) is 0 Å². The van der Waals surface area contributed by atoms with E-state index in [1.165, 1.54) is 0 Å². The molecule has 0 heterocycles. The van der Waals surface area contributed by atoms with Crippen molar-refractivity contribution in [2.75, 3.05) is 6.54 Å². The third kappa shape index (κ3) is 3.60. The van der Waals surface area contributed by atoms with Crippen molar-refractivity contribution in [2.24, 2.45) is 5.73 Å². The van der Waals surface area contributed by atoms with Gasteiger partial charge in [-0.3, -0.25) is 0 Å². The molecule has 0 amide bonds. The highest BCUT2D eigenvalue weighted by Crippen LogP contribution is 2.01. The van der Waals surface area contributed by atoms with Crippen LogP contribution in [0.5, 0.6) is 0 Å². The Morgan fingerprint density at radius 2 is 2.43 bits per heavy atom. The van der Waals surface area contributed by atoms with Crippen molar-refractivity contribution in [1.29, 1.82) is 0 Å². The molecule has 0 aromatic carbocycles. The minimum absolute atomic E-state index is 0.588. The Morgan fingerprint density at radius 1 is 1.86 bits per heavy atom. The zero-order valence-electron chi connectivity index (χ0n) is 4.85. The average Bonchev–Trinajstić information content (AvgIpc) is 1.68. The van der Waals surface area contributed by atoms with Gasteiger partial charge in [-0.2, -0.15) is 0 Å². The molecule has 7 heavy (non-hydrogen) atoms. The lowest BCUT2D eigenvalue weighted by atomic mass is 9.85. The van der Waals surface area contributed by atoms with Crippen LogP contribution in [0.2, 0.25) is 5.82 Å². The zero-order chi connectivity index (χ0) is 5.70. The molecule has 0 aliphatic rings. The van der Waals surface area contributed by atoms with Crippen LogP contribution < -0.4 is 5.73 Å². The van der Waals surface area contributed by atoms with Crippen molar-refractivity contribution in [3.63, 3.8) is 0 Å². The van der Waals surface area contributed by atoms with E-state index >= 15 is 0 Å². The summed E-state index contributed by atoms with van der Waals surface area (Å²) in [6.45, 7) is 4.39. The molecule has 40 valence electrons. The minimum atomic E-state index is 0.588. The SMILES string of the molecule is BC(C=C)CCN. The van der Waals surface area contributed by atoms with Gasteiger partial charge in [0.25, 0.3) is 0 Å². The first-order valence-corrected chi connectivity index (χ1v) is 2.64. The van der Waals surface area contributed by atoms with Crippen LogP contribution in [-0.4, -0.2) is 14.4 Å². The molecule has 0 spiro atoms. The summed E-state index contributed by atoms with van der Waals surface area (Å²) in [4.78, 5) is 0. The highest BCUT2D eigenvalue weighted by Gasteiger charge is 1.89. The first-order valence-electron chi connectivity index (χ1n) is 2.64. The molecule has 0 aliphatic heterocycles. The molecule has 2 N–H and O–H groups in total. The van der Waals surface area contributed by atoms with Crippen LogP contribution in [0.4, 0.5) is 0 Å². The fourth-order valence-electron chi connectivity index (χ4n) is 0.381. The van der Waals surface area contributed by atoms with Gasteiger partial charge < -0.3 is 5.73 Å². The van der Waals surface area contributed by atoms with E-state index < -0.39 is 0 Å². The fraction of sp³-hybridized carbons (Fsp3) is 0.600. The summed E-state index contributed by atoms with van der Waals surface area (Å²) in [6, 6.07) is 0. The van der Waals surface area contributed by atoms with Gasteiger partial charge in [-0.05, 0) is 13.0 Å². The molecule has 2 heteroatoms. The number of rotatable bonds is 3.